The molecule has 0 spiro atoms. The Labute approximate surface area is 162 Å². The van der Waals surface area contributed by atoms with Crippen LogP contribution in [0.15, 0.2) is 30.3 Å². The van der Waals surface area contributed by atoms with E-state index in [1.165, 1.54) is 5.56 Å². The molecule has 1 aliphatic heterocycles. The Hall–Kier alpha value is -1.49. The van der Waals surface area contributed by atoms with Crippen LogP contribution in [0.1, 0.15) is 38.7 Å². The van der Waals surface area contributed by atoms with Crippen LogP contribution in [0.25, 0.3) is 0 Å². The minimum Gasteiger partial charge on any atom is -0.339 e. The van der Waals surface area contributed by atoms with Crippen LogP contribution in [0.5, 0.6) is 0 Å². The maximum Gasteiger partial charge on any atom is 0.232 e. The normalized spacial score (nSPS) is 14.7. The molecule has 0 N–H and O–H groups in total. The average molecular weight is 377 g/mol. The van der Waals surface area contributed by atoms with Crippen LogP contribution in [-0.2, 0) is 16.0 Å². The van der Waals surface area contributed by atoms with E-state index < -0.39 is 0 Å². The number of piperazine rings is 1. The van der Waals surface area contributed by atoms with Crippen molar-refractivity contribution in [2.75, 3.05) is 37.7 Å². The number of amides is 2. The summed E-state index contributed by atoms with van der Waals surface area (Å²) in [5.74, 6) is 2.74. The van der Waals surface area contributed by atoms with E-state index >= 15 is 0 Å². The summed E-state index contributed by atoms with van der Waals surface area (Å²) in [6.07, 6.45) is 3.57. The summed E-state index contributed by atoms with van der Waals surface area (Å²) in [7, 11) is 0. The molecular formula is C21H32N2O2S. The topological polar surface area (TPSA) is 40.6 Å². The fourth-order valence-electron chi connectivity index (χ4n) is 3.02. The number of nitrogens with zero attached hydrogens (tertiary/aromatic N) is 2. The van der Waals surface area contributed by atoms with E-state index in [1.807, 2.05) is 28.0 Å². The van der Waals surface area contributed by atoms with Crippen molar-refractivity contribution in [2.24, 2.45) is 5.92 Å². The Morgan fingerprint density at radius 3 is 2.23 bits per heavy atom. The average Bonchev–Trinajstić information content (AvgIpc) is 2.66. The number of carbonyl (C=O) groups is 2. The van der Waals surface area contributed by atoms with Crippen LogP contribution in [0.3, 0.4) is 0 Å². The van der Waals surface area contributed by atoms with Crippen LogP contribution in [0.2, 0.25) is 0 Å². The second kappa shape index (κ2) is 11.3. The highest BCUT2D eigenvalue weighted by Gasteiger charge is 2.23. The van der Waals surface area contributed by atoms with Crippen molar-refractivity contribution >= 4 is 23.6 Å². The van der Waals surface area contributed by atoms with Gasteiger partial charge in [-0.2, -0.15) is 11.8 Å². The van der Waals surface area contributed by atoms with E-state index in [-0.39, 0.29) is 11.8 Å². The molecule has 0 radical (unpaired) electrons. The predicted molar refractivity (Wildman–Crippen MR) is 109 cm³/mol. The number of rotatable bonds is 9. The van der Waals surface area contributed by atoms with Crippen molar-refractivity contribution in [3.63, 3.8) is 0 Å². The van der Waals surface area contributed by atoms with Crippen LogP contribution in [0, 0.1) is 5.92 Å². The van der Waals surface area contributed by atoms with Crippen LogP contribution in [0.4, 0.5) is 0 Å². The third-order valence-corrected chi connectivity index (χ3v) is 5.72. The maximum absolute atomic E-state index is 12.4. The lowest BCUT2D eigenvalue weighted by atomic mass is 10.1. The van der Waals surface area contributed by atoms with Gasteiger partial charge in [-0.05, 0) is 36.5 Å². The molecule has 0 aromatic heterocycles. The first kappa shape index (κ1) is 20.8. The standard InChI is InChI=1S/C21H32N2O2S/c1-18(2)11-16-26-17-21(25)23-14-12-22(13-15-23)20(24)10-6-9-19-7-4-3-5-8-19/h3-5,7-8,18H,6,9-17H2,1-2H3. The van der Waals surface area contributed by atoms with E-state index in [4.69, 9.17) is 0 Å². The molecule has 0 atom stereocenters. The minimum absolute atomic E-state index is 0.218. The van der Waals surface area contributed by atoms with Gasteiger partial charge in [0.1, 0.15) is 0 Å². The number of hydrogen-bond acceptors (Lipinski definition) is 3. The van der Waals surface area contributed by atoms with Crippen molar-refractivity contribution < 1.29 is 9.59 Å². The van der Waals surface area contributed by atoms with E-state index in [2.05, 4.69) is 26.0 Å². The van der Waals surface area contributed by atoms with E-state index in [0.717, 1.165) is 25.0 Å². The number of carbonyl (C=O) groups excluding carboxylic acids is 2. The van der Waals surface area contributed by atoms with Gasteiger partial charge in [0.15, 0.2) is 0 Å². The molecule has 1 heterocycles. The van der Waals surface area contributed by atoms with Crippen molar-refractivity contribution in [3.8, 4) is 0 Å². The predicted octanol–water partition coefficient (Wildman–Crippen LogP) is 3.46. The summed E-state index contributed by atoms with van der Waals surface area (Å²) in [6, 6.07) is 10.3. The van der Waals surface area contributed by atoms with Gasteiger partial charge in [0.25, 0.3) is 0 Å². The molecule has 4 nitrogen and oxygen atoms in total. The van der Waals surface area contributed by atoms with Crippen LogP contribution < -0.4 is 0 Å². The molecular weight excluding hydrogens is 344 g/mol. The largest absolute Gasteiger partial charge is 0.339 e. The Bertz CT molecular complexity index is 554. The molecule has 0 unspecified atom stereocenters. The van der Waals surface area contributed by atoms with Crippen molar-refractivity contribution in [1.82, 2.24) is 9.80 Å². The molecule has 1 saturated heterocycles. The highest BCUT2D eigenvalue weighted by atomic mass is 32.2. The lowest BCUT2D eigenvalue weighted by Gasteiger charge is -2.35. The van der Waals surface area contributed by atoms with E-state index in [1.54, 1.807) is 11.8 Å². The summed E-state index contributed by atoms with van der Waals surface area (Å²) in [5, 5.41) is 0. The molecule has 0 saturated carbocycles. The summed E-state index contributed by atoms with van der Waals surface area (Å²) < 4.78 is 0. The van der Waals surface area contributed by atoms with Gasteiger partial charge in [0.05, 0.1) is 5.75 Å². The van der Waals surface area contributed by atoms with Crippen LogP contribution >= 0.6 is 11.8 Å². The second-order valence-electron chi connectivity index (χ2n) is 7.34. The molecule has 0 bridgehead atoms. The highest BCUT2D eigenvalue weighted by Crippen LogP contribution is 2.12. The molecule has 1 aliphatic rings. The lowest BCUT2D eigenvalue weighted by Crippen LogP contribution is -2.51. The zero-order chi connectivity index (χ0) is 18.8. The van der Waals surface area contributed by atoms with Crippen molar-refractivity contribution in [1.29, 1.82) is 0 Å². The zero-order valence-electron chi connectivity index (χ0n) is 16.2. The van der Waals surface area contributed by atoms with Gasteiger partial charge in [-0.1, -0.05) is 44.2 Å². The van der Waals surface area contributed by atoms with Gasteiger partial charge in [0.2, 0.25) is 11.8 Å². The second-order valence-corrected chi connectivity index (χ2v) is 8.44. The molecule has 1 aromatic carbocycles. The van der Waals surface area contributed by atoms with Crippen LogP contribution in [-0.4, -0.2) is 59.3 Å². The summed E-state index contributed by atoms with van der Waals surface area (Å²) in [4.78, 5) is 28.4. The Morgan fingerprint density at radius 1 is 1.00 bits per heavy atom. The van der Waals surface area contributed by atoms with Gasteiger partial charge >= 0.3 is 0 Å². The first-order chi connectivity index (χ1) is 12.6. The molecule has 0 aliphatic carbocycles. The van der Waals surface area contributed by atoms with E-state index in [9.17, 15) is 9.59 Å². The number of thioether (sulfide) groups is 1. The third-order valence-electron chi connectivity index (χ3n) is 4.75. The van der Waals surface area contributed by atoms with Gasteiger partial charge < -0.3 is 9.80 Å². The molecule has 1 fully saturated rings. The molecule has 26 heavy (non-hydrogen) atoms. The van der Waals surface area contributed by atoms with Gasteiger partial charge in [-0.25, -0.2) is 0 Å². The number of hydrogen-bond donors (Lipinski definition) is 0. The van der Waals surface area contributed by atoms with Gasteiger partial charge in [-0.15, -0.1) is 0 Å². The molecule has 5 heteroatoms. The van der Waals surface area contributed by atoms with Gasteiger partial charge in [-0.3, -0.25) is 9.59 Å². The number of aryl methyl sites for hydroxylation is 1. The Kier molecular flexibility index (Phi) is 9.02. The fraction of sp³-hybridized carbons (Fsp3) is 0.619. The minimum atomic E-state index is 0.218. The molecule has 1 aromatic rings. The van der Waals surface area contributed by atoms with E-state index in [0.29, 0.717) is 44.3 Å². The first-order valence-electron chi connectivity index (χ1n) is 9.73. The lowest BCUT2D eigenvalue weighted by molar-refractivity contribution is -0.138. The highest BCUT2D eigenvalue weighted by molar-refractivity contribution is 7.99. The van der Waals surface area contributed by atoms with Crippen molar-refractivity contribution in [3.05, 3.63) is 35.9 Å². The van der Waals surface area contributed by atoms with Gasteiger partial charge in [0, 0.05) is 32.6 Å². The SMILES string of the molecule is CC(C)CCSCC(=O)N1CCN(C(=O)CCCc2ccccc2)CC1. The molecule has 2 rings (SSSR count). The fourth-order valence-corrected chi connectivity index (χ4v) is 4.16. The summed E-state index contributed by atoms with van der Waals surface area (Å²) in [6.45, 7) is 7.11. The van der Waals surface area contributed by atoms with Crippen molar-refractivity contribution in [2.45, 2.75) is 39.5 Å². The Morgan fingerprint density at radius 2 is 1.62 bits per heavy atom. The summed E-state index contributed by atoms with van der Waals surface area (Å²) >= 11 is 1.73. The quantitative estimate of drug-likeness (QED) is 0.620. The molecule has 144 valence electrons. The smallest absolute Gasteiger partial charge is 0.232 e. The number of benzene rings is 1. The monoisotopic (exact) mass is 376 g/mol. The third kappa shape index (κ3) is 7.40. The maximum atomic E-state index is 12.4. The first-order valence-corrected chi connectivity index (χ1v) is 10.9. The zero-order valence-corrected chi connectivity index (χ0v) is 17.0. The molecule has 2 amide bonds. The summed E-state index contributed by atoms with van der Waals surface area (Å²) in [5.41, 5.74) is 1.28. The Balaban J connectivity index is 1.61.